The normalized spacial score (nSPS) is 21.8. The molecule has 122 valence electrons. The first-order valence-corrected chi connectivity index (χ1v) is 7.15. The Hall–Kier alpha value is -2.09. The molecule has 0 spiro atoms. The molecule has 0 bridgehead atoms. The predicted molar refractivity (Wildman–Crippen MR) is 79.2 cm³/mol. The molecule has 0 saturated carbocycles. The van der Waals surface area contributed by atoms with Crippen LogP contribution in [0.15, 0.2) is 12.3 Å². The van der Waals surface area contributed by atoms with E-state index in [1.165, 1.54) is 4.90 Å². The summed E-state index contributed by atoms with van der Waals surface area (Å²) in [5.74, 6) is -0.106. The van der Waals surface area contributed by atoms with Gasteiger partial charge >= 0.3 is 6.09 Å². The first-order valence-electron chi connectivity index (χ1n) is 7.15. The van der Waals surface area contributed by atoms with Crippen LogP contribution < -0.4 is 5.32 Å². The van der Waals surface area contributed by atoms with Gasteiger partial charge in [-0.1, -0.05) is 0 Å². The summed E-state index contributed by atoms with van der Waals surface area (Å²) in [6.45, 7) is 5.53. The van der Waals surface area contributed by atoms with Crippen LogP contribution in [0.5, 0.6) is 0 Å². The van der Waals surface area contributed by atoms with Gasteiger partial charge in [0.2, 0.25) is 0 Å². The summed E-state index contributed by atoms with van der Waals surface area (Å²) in [6.07, 6.45) is 0.493. The lowest BCUT2D eigenvalue weighted by Gasteiger charge is -2.28. The van der Waals surface area contributed by atoms with Crippen LogP contribution in [-0.4, -0.2) is 56.1 Å². The van der Waals surface area contributed by atoms with Crippen molar-refractivity contribution in [1.82, 2.24) is 14.7 Å². The van der Waals surface area contributed by atoms with Crippen molar-refractivity contribution in [2.24, 2.45) is 7.05 Å². The van der Waals surface area contributed by atoms with Crippen LogP contribution in [0.3, 0.4) is 0 Å². The quantitative estimate of drug-likeness (QED) is 0.839. The van der Waals surface area contributed by atoms with E-state index in [-0.39, 0.29) is 6.54 Å². The molecule has 0 radical (unpaired) electrons. The highest BCUT2D eigenvalue weighted by Crippen LogP contribution is 2.22. The van der Waals surface area contributed by atoms with Crippen molar-refractivity contribution in [3.05, 3.63) is 12.3 Å². The van der Waals surface area contributed by atoms with E-state index >= 15 is 0 Å². The molecule has 1 saturated heterocycles. The standard InChI is InChI=1S/C14H22N4O4/c1-14(2,3)22-13(21)18-8-5-9(19)11(18)12(20)15-10-6-7-17(4)16-10/h6-7,9,11,19H,5,8H2,1-4H3,(H,15,16,20)/t9-,11-/m0/s1. The largest absolute Gasteiger partial charge is 0.444 e. The second-order valence-electron chi connectivity index (χ2n) is 6.34. The second-order valence-corrected chi connectivity index (χ2v) is 6.34. The van der Waals surface area contributed by atoms with E-state index < -0.39 is 29.7 Å². The Bertz CT molecular complexity index is 563. The van der Waals surface area contributed by atoms with Crippen LogP contribution in [0.25, 0.3) is 0 Å². The Morgan fingerprint density at radius 2 is 2.14 bits per heavy atom. The highest BCUT2D eigenvalue weighted by Gasteiger charge is 2.42. The number of hydrogen-bond acceptors (Lipinski definition) is 5. The van der Waals surface area contributed by atoms with Gasteiger partial charge in [-0.25, -0.2) is 4.79 Å². The molecule has 0 aliphatic carbocycles. The van der Waals surface area contributed by atoms with Gasteiger partial charge in [0, 0.05) is 25.9 Å². The number of aromatic nitrogens is 2. The maximum Gasteiger partial charge on any atom is 0.411 e. The minimum absolute atomic E-state index is 0.274. The topological polar surface area (TPSA) is 96.7 Å². The first-order chi connectivity index (χ1) is 10.2. The number of anilines is 1. The van der Waals surface area contributed by atoms with Crippen molar-refractivity contribution in [2.75, 3.05) is 11.9 Å². The number of carbonyl (C=O) groups is 2. The molecule has 1 aliphatic heterocycles. The fourth-order valence-electron chi connectivity index (χ4n) is 2.30. The van der Waals surface area contributed by atoms with Crippen LogP contribution in [0.4, 0.5) is 10.6 Å². The number of aryl methyl sites for hydroxylation is 1. The molecule has 22 heavy (non-hydrogen) atoms. The van der Waals surface area contributed by atoms with E-state index in [2.05, 4.69) is 10.4 Å². The molecule has 2 N–H and O–H groups in total. The van der Waals surface area contributed by atoms with Crippen molar-refractivity contribution in [2.45, 2.75) is 44.9 Å². The highest BCUT2D eigenvalue weighted by atomic mass is 16.6. The summed E-state index contributed by atoms with van der Waals surface area (Å²) in [5.41, 5.74) is -0.660. The zero-order valence-corrected chi connectivity index (χ0v) is 13.2. The van der Waals surface area contributed by atoms with Gasteiger partial charge in [-0.05, 0) is 27.2 Å². The van der Waals surface area contributed by atoms with Gasteiger partial charge in [-0.3, -0.25) is 14.4 Å². The number of hydrogen-bond donors (Lipinski definition) is 2. The molecule has 2 amide bonds. The Balaban J connectivity index is 2.08. The average Bonchev–Trinajstić information content (AvgIpc) is 2.93. The number of amides is 2. The summed E-state index contributed by atoms with van der Waals surface area (Å²) < 4.78 is 6.83. The van der Waals surface area contributed by atoms with E-state index in [4.69, 9.17) is 4.74 Å². The van der Waals surface area contributed by atoms with E-state index in [1.54, 1.807) is 44.8 Å². The Morgan fingerprint density at radius 1 is 1.45 bits per heavy atom. The van der Waals surface area contributed by atoms with Crippen molar-refractivity contribution in [3.63, 3.8) is 0 Å². The maximum atomic E-state index is 12.3. The molecule has 0 unspecified atom stereocenters. The molecular weight excluding hydrogens is 288 g/mol. The molecule has 2 heterocycles. The van der Waals surface area contributed by atoms with Crippen molar-refractivity contribution in [1.29, 1.82) is 0 Å². The monoisotopic (exact) mass is 310 g/mol. The fourth-order valence-corrected chi connectivity index (χ4v) is 2.30. The lowest BCUT2D eigenvalue weighted by atomic mass is 10.1. The number of nitrogens with zero attached hydrogens (tertiary/aromatic N) is 3. The van der Waals surface area contributed by atoms with E-state index in [0.717, 1.165) is 0 Å². The van der Waals surface area contributed by atoms with Gasteiger partial charge in [0.1, 0.15) is 11.6 Å². The third-order valence-electron chi connectivity index (χ3n) is 3.23. The predicted octanol–water partition coefficient (Wildman–Crippen LogP) is 0.729. The van der Waals surface area contributed by atoms with Gasteiger partial charge in [-0.15, -0.1) is 0 Å². The Morgan fingerprint density at radius 3 is 2.68 bits per heavy atom. The summed E-state index contributed by atoms with van der Waals surface area (Å²) in [5, 5.41) is 16.7. The van der Waals surface area contributed by atoms with Crippen LogP contribution in [0.2, 0.25) is 0 Å². The number of aliphatic hydroxyl groups is 1. The zero-order valence-electron chi connectivity index (χ0n) is 13.2. The van der Waals surface area contributed by atoms with Gasteiger partial charge in [-0.2, -0.15) is 5.10 Å². The molecule has 2 rings (SSSR count). The summed E-state index contributed by atoms with van der Waals surface area (Å²) >= 11 is 0. The van der Waals surface area contributed by atoms with Gasteiger partial charge in [0.15, 0.2) is 5.82 Å². The molecule has 2 atom stereocenters. The van der Waals surface area contributed by atoms with Gasteiger partial charge in [0.25, 0.3) is 5.91 Å². The number of carbonyl (C=O) groups excluding carboxylic acids is 2. The summed E-state index contributed by atoms with van der Waals surface area (Å²) in [7, 11) is 1.73. The molecule has 1 aliphatic rings. The summed E-state index contributed by atoms with van der Waals surface area (Å²) in [6, 6.07) is 0.661. The summed E-state index contributed by atoms with van der Waals surface area (Å²) in [4.78, 5) is 25.8. The average molecular weight is 310 g/mol. The fraction of sp³-hybridized carbons (Fsp3) is 0.643. The molecule has 0 aromatic carbocycles. The zero-order chi connectivity index (χ0) is 16.5. The van der Waals surface area contributed by atoms with E-state index in [0.29, 0.717) is 12.2 Å². The smallest absolute Gasteiger partial charge is 0.411 e. The Kier molecular flexibility index (Phi) is 4.41. The highest BCUT2D eigenvalue weighted by molar-refractivity contribution is 5.96. The van der Waals surface area contributed by atoms with Crippen molar-refractivity contribution >= 4 is 17.8 Å². The van der Waals surface area contributed by atoms with Crippen LogP contribution >= 0.6 is 0 Å². The lowest BCUT2D eigenvalue weighted by Crippen LogP contribution is -2.49. The van der Waals surface area contributed by atoms with Gasteiger partial charge < -0.3 is 15.2 Å². The maximum absolute atomic E-state index is 12.3. The minimum atomic E-state index is -0.975. The molecule has 8 heteroatoms. The third-order valence-corrected chi connectivity index (χ3v) is 3.23. The van der Waals surface area contributed by atoms with E-state index in [1.807, 2.05) is 0 Å². The number of aliphatic hydroxyl groups excluding tert-OH is 1. The third kappa shape index (κ3) is 3.76. The molecule has 8 nitrogen and oxygen atoms in total. The number of likely N-dealkylation sites (tertiary alicyclic amines) is 1. The van der Waals surface area contributed by atoms with Gasteiger partial charge in [0.05, 0.1) is 6.10 Å². The van der Waals surface area contributed by atoms with E-state index in [9.17, 15) is 14.7 Å². The number of rotatable bonds is 2. The van der Waals surface area contributed by atoms with Crippen molar-refractivity contribution < 1.29 is 19.4 Å². The molecule has 1 aromatic heterocycles. The number of ether oxygens (including phenoxy) is 1. The molecular formula is C14H22N4O4. The Labute approximate surface area is 129 Å². The number of nitrogens with one attached hydrogen (secondary N) is 1. The first kappa shape index (κ1) is 16.3. The minimum Gasteiger partial charge on any atom is -0.444 e. The second kappa shape index (κ2) is 5.96. The van der Waals surface area contributed by atoms with Crippen LogP contribution in [0, 0.1) is 0 Å². The molecule has 1 fully saturated rings. The molecule has 1 aromatic rings. The van der Waals surface area contributed by atoms with Crippen LogP contribution in [0.1, 0.15) is 27.2 Å². The SMILES string of the molecule is Cn1ccc(NC(=O)[C@@H]2[C@@H](O)CCN2C(=O)OC(C)(C)C)n1. The lowest BCUT2D eigenvalue weighted by molar-refractivity contribution is -0.122. The van der Waals surface area contributed by atoms with Crippen molar-refractivity contribution in [3.8, 4) is 0 Å². The van der Waals surface area contributed by atoms with Crippen LogP contribution in [-0.2, 0) is 16.6 Å².